The SMILES string of the molecule is Cc1nc([C@H](C)c2cc(OC(F)(F)F)ccc2F)c(-c2ccc3nc(NC(=O)[C@H](C)O)cn3n2)cc1C(N)=O. The van der Waals surface area contributed by atoms with Gasteiger partial charge in [0.25, 0.3) is 11.8 Å². The van der Waals surface area contributed by atoms with Gasteiger partial charge in [-0.25, -0.2) is 13.9 Å². The number of primary amides is 1. The van der Waals surface area contributed by atoms with Crippen molar-refractivity contribution in [3.8, 4) is 17.0 Å². The number of imidazole rings is 1. The smallest absolute Gasteiger partial charge is 0.406 e. The summed E-state index contributed by atoms with van der Waals surface area (Å²) in [7, 11) is 0. The van der Waals surface area contributed by atoms with Crippen molar-refractivity contribution in [2.75, 3.05) is 5.32 Å². The number of alkyl halides is 3. The van der Waals surface area contributed by atoms with Gasteiger partial charge in [-0.15, -0.1) is 13.2 Å². The predicted molar refractivity (Wildman–Crippen MR) is 130 cm³/mol. The topological polar surface area (TPSA) is 145 Å². The molecular weight excluding hydrogens is 524 g/mol. The number of aliphatic hydroxyl groups is 1. The molecule has 1 aromatic carbocycles. The third-order valence-electron chi connectivity index (χ3n) is 5.81. The molecule has 0 radical (unpaired) electrons. The number of hydrogen-bond acceptors (Lipinski definition) is 7. The van der Waals surface area contributed by atoms with Crippen LogP contribution in [0.25, 0.3) is 16.9 Å². The number of aliphatic hydroxyl groups excluding tert-OH is 1. The highest BCUT2D eigenvalue weighted by atomic mass is 19.4. The highest BCUT2D eigenvalue weighted by molar-refractivity contribution is 5.95. The average Bonchev–Trinajstić information content (AvgIpc) is 3.24. The third-order valence-corrected chi connectivity index (χ3v) is 5.81. The Morgan fingerprint density at radius 2 is 1.85 bits per heavy atom. The Labute approximate surface area is 218 Å². The number of benzene rings is 1. The maximum absolute atomic E-state index is 14.8. The fourth-order valence-electron chi connectivity index (χ4n) is 3.92. The van der Waals surface area contributed by atoms with Crippen LogP contribution in [0.3, 0.4) is 0 Å². The Bertz CT molecular complexity index is 1590. The van der Waals surface area contributed by atoms with E-state index in [-0.39, 0.29) is 39.6 Å². The number of anilines is 1. The van der Waals surface area contributed by atoms with Crippen LogP contribution in [0.15, 0.2) is 42.6 Å². The molecule has 0 fully saturated rings. The van der Waals surface area contributed by atoms with Gasteiger partial charge in [-0.05, 0) is 50.2 Å². The van der Waals surface area contributed by atoms with Crippen LogP contribution in [-0.4, -0.2) is 49.0 Å². The molecule has 0 saturated carbocycles. The molecule has 14 heteroatoms. The number of nitrogens with zero attached hydrogens (tertiary/aromatic N) is 4. The average molecular weight is 546 g/mol. The first-order valence-electron chi connectivity index (χ1n) is 11.5. The zero-order chi connectivity index (χ0) is 28.6. The highest BCUT2D eigenvalue weighted by Crippen LogP contribution is 2.36. The summed E-state index contributed by atoms with van der Waals surface area (Å²) in [4.78, 5) is 32.5. The van der Waals surface area contributed by atoms with Crippen molar-refractivity contribution in [2.24, 2.45) is 5.73 Å². The van der Waals surface area contributed by atoms with Crippen molar-refractivity contribution in [1.82, 2.24) is 19.6 Å². The lowest BCUT2D eigenvalue weighted by Gasteiger charge is -2.19. The number of aryl methyl sites for hydroxylation is 1. The predicted octanol–water partition coefficient (Wildman–Crippen LogP) is 3.71. The van der Waals surface area contributed by atoms with Crippen LogP contribution in [0.1, 0.15) is 47.1 Å². The number of hydrogen-bond donors (Lipinski definition) is 3. The molecular formula is C25H22F4N6O4. The van der Waals surface area contributed by atoms with E-state index in [9.17, 15) is 32.3 Å². The minimum atomic E-state index is -4.97. The van der Waals surface area contributed by atoms with Crippen LogP contribution in [-0.2, 0) is 4.79 Å². The molecule has 0 aliphatic heterocycles. The number of carbonyl (C=O) groups excluding carboxylic acids is 2. The van der Waals surface area contributed by atoms with Crippen molar-refractivity contribution in [3.63, 3.8) is 0 Å². The second-order valence-corrected chi connectivity index (χ2v) is 8.68. The zero-order valence-corrected chi connectivity index (χ0v) is 20.7. The van der Waals surface area contributed by atoms with Crippen molar-refractivity contribution >= 4 is 23.3 Å². The summed E-state index contributed by atoms with van der Waals surface area (Å²) in [5, 5.41) is 16.3. The first-order chi connectivity index (χ1) is 18.2. The molecule has 2 amide bonds. The monoisotopic (exact) mass is 546 g/mol. The van der Waals surface area contributed by atoms with Crippen LogP contribution < -0.4 is 15.8 Å². The lowest BCUT2D eigenvalue weighted by molar-refractivity contribution is -0.274. The molecule has 4 aromatic rings. The summed E-state index contributed by atoms with van der Waals surface area (Å²) in [6.07, 6.45) is -4.86. The zero-order valence-electron chi connectivity index (χ0n) is 20.7. The molecule has 0 bridgehead atoms. The fraction of sp³-hybridized carbons (Fsp3) is 0.240. The van der Waals surface area contributed by atoms with E-state index in [0.29, 0.717) is 5.65 Å². The lowest BCUT2D eigenvalue weighted by Crippen LogP contribution is -2.24. The minimum Gasteiger partial charge on any atom is -0.406 e. The molecule has 3 heterocycles. The number of aromatic nitrogens is 4. The molecule has 204 valence electrons. The molecule has 4 N–H and O–H groups in total. The number of amides is 2. The van der Waals surface area contributed by atoms with Gasteiger partial charge in [0.2, 0.25) is 0 Å². The second kappa shape index (κ2) is 10.3. The van der Waals surface area contributed by atoms with Gasteiger partial charge < -0.3 is 20.9 Å². The molecule has 0 aliphatic rings. The van der Waals surface area contributed by atoms with Gasteiger partial charge in [-0.1, -0.05) is 6.92 Å². The Kier molecular flexibility index (Phi) is 7.24. The molecule has 10 nitrogen and oxygen atoms in total. The molecule has 39 heavy (non-hydrogen) atoms. The van der Waals surface area contributed by atoms with Crippen molar-refractivity contribution in [1.29, 1.82) is 0 Å². The number of ether oxygens (including phenoxy) is 1. The van der Waals surface area contributed by atoms with E-state index in [4.69, 9.17) is 5.73 Å². The van der Waals surface area contributed by atoms with E-state index in [2.05, 4.69) is 25.1 Å². The minimum absolute atomic E-state index is 0.0630. The Morgan fingerprint density at radius 1 is 1.13 bits per heavy atom. The first-order valence-corrected chi connectivity index (χ1v) is 11.5. The van der Waals surface area contributed by atoms with Gasteiger partial charge in [0.15, 0.2) is 11.5 Å². The van der Waals surface area contributed by atoms with Gasteiger partial charge in [-0.3, -0.25) is 14.6 Å². The highest BCUT2D eigenvalue weighted by Gasteiger charge is 2.32. The quantitative estimate of drug-likeness (QED) is 0.300. The van der Waals surface area contributed by atoms with Gasteiger partial charge in [-0.2, -0.15) is 5.10 Å². The summed E-state index contributed by atoms with van der Waals surface area (Å²) in [6, 6.07) is 7.16. The molecule has 0 saturated heterocycles. The van der Waals surface area contributed by atoms with Gasteiger partial charge in [0, 0.05) is 17.0 Å². The van der Waals surface area contributed by atoms with Crippen molar-refractivity contribution < 1.29 is 37.0 Å². The summed E-state index contributed by atoms with van der Waals surface area (Å²) in [6.45, 7) is 4.34. The summed E-state index contributed by atoms with van der Waals surface area (Å²) >= 11 is 0. The third kappa shape index (κ3) is 5.95. The van der Waals surface area contributed by atoms with Crippen LogP contribution in [0.5, 0.6) is 5.75 Å². The Morgan fingerprint density at radius 3 is 2.49 bits per heavy atom. The number of pyridine rings is 1. The standard InChI is InChI=1S/C25H22F4N6O4/c1-11(15-8-14(4-5-18(15)26)39-25(27,28)29)22-17(9-16(23(30)37)12(2)31-22)19-6-7-21-32-20(10-35(21)34-19)33-24(38)13(3)36/h4-11,13,36H,1-3H3,(H2,30,37)(H,33,38)/t11-,13+/m1/s1. The maximum Gasteiger partial charge on any atom is 0.573 e. The Hall–Kier alpha value is -4.59. The molecule has 4 rings (SSSR count). The van der Waals surface area contributed by atoms with Gasteiger partial charge >= 0.3 is 6.36 Å². The second-order valence-electron chi connectivity index (χ2n) is 8.68. The maximum atomic E-state index is 14.8. The lowest BCUT2D eigenvalue weighted by atomic mass is 9.91. The largest absolute Gasteiger partial charge is 0.573 e. The van der Waals surface area contributed by atoms with Crippen molar-refractivity contribution in [2.45, 2.75) is 39.2 Å². The van der Waals surface area contributed by atoms with E-state index < -0.39 is 41.8 Å². The van der Waals surface area contributed by atoms with E-state index >= 15 is 0 Å². The number of rotatable bonds is 7. The molecule has 0 aliphatic carbocycles. The normalized spacial score (nSPS) is 13.2. The summed E-state index contributed by atoms with van der Waals surface area (Å²) < 4.78 is 58.4. The van der Waals surface area contributed by atoms with Crippen LogP contribution in [0.4, 0.5) is 23.4 Å². The molecule has 0 spiro atoms. The molecule has 0 unspecified atom stereocenters. The number of halogens is 4. The Balaban J connectivity index is 1.84. The van der Waals surface area contributed by atoms with E-state index in [0.717, 1.165) is 18.2 Å². The van der Waals surface area contributed by atoms with Crippen molar-refractivity contribution in [3.05, 3.63) is 70.9 Å². The molecule has 3 aromatic heterocycles. The fourth-order valence-corrected chi connectivity index (χ4v) is 3.92. The summed E-state index contributed by atoms with van der Waals surface area (Å²) in [5.41, 5.74) is 6.69. The summed E-state index contributed by atoms with van der Waals surface area (Å²) in [5.74, 6) is -3.66. The first kappa shape index (κ1) is 27.4. The number of nitrogens with one attached hydrogen (secondary N) is 1. The molecule has 2 atom stereocenters. The number of carbonyl (C=O) groups is 2. The van der Waals surface area contributed by atoms with Gasteiger partial charge in [0.1, 0.15) is 17.7 Å². The van der Waals surface area contributed by atoms with Crippen LogP contribution in [0.2, 0.25) is 0 Å². The van der Waals surface area contributed by atoms with Gasteiger partial charge in [0.05, 0.1) is 28.8 Å². The number of fused-ring (bicyclic) bond motifs is 1. The number of nitrogens with two attached hydrogens (primary N) is 1. The van der Waals surface area contributed by atoms with E-state index in [1.165, 1.54) is 43.6 Å². The van der Waals surface area contributed by atoms with E-state index in [1.807, 2.05) is 0 Å². The van der Waals surface area contributed by atoms with Crippen LogP contribution >= 0.6 is 0 Å². The van der Waals surface area contributed by atoms with Crippen LogP contribution in [0, 0.1) is 12.7 Å². The van der Waals surface area contributed by atoms with E-state index in [1.54, 1.807) is 6.07 Å².